The molecule has 100 valence electrons. The van der Waals surface area contributed by atoms with Crippen molar-refractivity contribution >= 4 is 42.8 Å². The number of hydrogen-bond donors (Lipinski definition) is 1. The first-order valence-electron chi connectivity index (χ1n) is 5.63. The number of nitrogens with zero attached hydrogens (tertiary/aromatic N) is 1. The summed E-state index contributed by atoms with van der Waals surface area (Å²) in [5.41, 5.74) is 0.792. The van der Waals surface area contributed by atoms with Gasteiger partial charge in [0.1, 0.15) is 11.4 Å². The Morgan fingerprint density at radius 3 is 2.65 bits per heavy atom. The molecule has 0 atom stereocenters. The zero-order valence-electron chi connectivity index (χ0n) is 9.93. The van der Waals surface area contributed by atoms with Gasteiger partial charge in [-0.1, -0.05) is 15.9 Å². The van der Waals surface area contributed by atoms with Crippen molar-refractivity contribution in [1.82, 2.24) is 4.98 Å². The molecule has 1 aromatic carbocycles. The largest absolute Gasteiger partial charge is 0.506 e. The van der Waals surface area contributed by atoms with Crippen LogP contribution >= 0.6 is 31.9 Å². The first kappa shape index (κ1) is 13.3. The first-order chi connectivity index (χ1) is 9.54. The molecule has 0 saturated heterocycles. The molecule has 0 unspecified atom stereocenters. The minimum absolute atomic E-state index is 0.0574. The van der Waals surface area contributed by atoms with Crippen molar-refractivity contribution in [2.24, 2.45) is 0 Å². The second-order valence-corrected chi connectivity index (χ2v) is 5.91. The smallest absolute Gasteiger partial charge is 0.193 e. The van der Waals surface area contributed by atoms with Crippen LogP contribution in [0.15, 0.2) is 54.7 Å². The van der Waals surface area contributed by atoms with E-state index in [9.17, 15) is 9.90 Å². The third kappa shape index (κ3) is 2.36. The Bertz CT molecular complexity index is 857. The Morgan fingerprint density at radius 1 is 1.15 bits per heavy atom. The lowest BCUT2D eigenvalue weighted by molar-refractivity contribution is 0.472. The van der Waals surface area contributed by atoms with Gasteiger partial charge < -0.3 is 9.52 Å². The summed E-state index contributed by atoms with van der Waals surface area (Å²) in [6.07, 6.45) is 1.30. The van der Waals surface area contributed by atoms with Crippen molar-refractivity contribution in [1.29, 1.82) is 0 Å². The highest BCUT2D eigenvalue weighted by Gasteiger charge is 2.11. The fourth-order valence-electron chi connectivity index (χ4n) is 1.84. The summed E-state index contributed by atoms with van der Waals surface area (Å²) in [4.78, 5) is 16.2. The minimum Gasteiger partial charge on any atom is -0.506 e. The molecule has 1 N–H and O–H groups in total. The van der Waals surface area contributed by atoms with E-state index in [1.165, 1.54) is 18.3 Å². The summed E-state index contributed by atoms with van der Waals surface area (Å²) in [5.74, 6) is 0.410. The van der Waals surface area contributed by atoms with Gasteiger partial charge in [-0.25, -0.2) is 4.98 Å². The number of hydrogen-bond acceptors (Lipinski definition) is 4. The molecule has 0 fully saturated rings. The summed E-state index contributed by atoms with van der Waals surface area (Å²) in [7, 11) is 0. The van der Waals surface area contributed by atoms with E-state index in [1.54, 1.807) is 18.2 Å². The standard InChI is InChI=1S/C14H7Br2NO3/c15-7-3-9-12(19)5-13(20-14(9)10(16)4-7)11-2-1-8(18)6-17-11/h1-6,18H. The van der Waals surface area contributed by atoms with Gasteiger partial charge in [0.2, 0.25) is 0 Å². The monoisotopic (exact) mass is 395 g/mol. The van der Waals surface area contributed by atoms with Crippen LogP contribution in [-0.2, 0) is 0 Å². The van der Waals surface area contributed by atoms with Gasteiger partial charge in [-0.3, -0.25) is 4.79 Å². The Balaban J connectivity index is 2.29. The maximum absolute atomic E-state index is 12.2. The number of fused-ring (bicyclic) bond motifs is 1. The molecule has 2 heterocycles. The van der Waals surface area contributed by atoms with Crippen LogP contribution in [0.2, 0.25) is 0 Å². The molecule has 6 heteroatoms. The van der Waals surface area contributed by atoms with Crippen molar-refractivity contribution in [3.05, 3.63) is 55.7 Å². The van der Waals surface area contributed by atoms with Crippen LogP contribution in [-0.4, -0.2) is 10.1 Å². The average molecular weight is 397 g/mol. The molecule has 0 aliphatic carbocycles. The second kappa shape index (κ2) is 5.03. The molecule has 20 heavy (non-hydrogen) atoms. The molecular formula is C14H7Br2NO3. The molecule has 0 aliphatic heterocycles. The zero-order valence-corrected chi connectivity index (χ0v) is 13.1. The highest BCUT2D eigenvalue weighted by molar-refractivity contribution is 9.11. The lowest BCUT2D eigenvalue weighted by Gasteiger charge is -2.05. The third-order valence-corrected chi connectivity index (χ3v) is 3.80. The van der Waals surface area contributed by atoms with E-state index in [4.69, 9.17) is 4.42 Å². The van der Waals surface area contributed by atoms with Crippen molar-refractivity contribution in [2.45, 2.75) is 0 Å². The fourth-order valence-corrected chi connectivity index (χ4v) is 3.15. The number of rotatable bonds is 1. The highest BCUT2D eigenvalue weighted by atomic mass is 79.9. The van der Waals surface area contributed by atoms with E-state index < -0.39 is 0 Å². The van der Waals surface area contributed by atoms with Crippen LogP contribution < -0.4 is 5.43 Å². The van der Waals surface area contributed by atoms with Crippen molar-refractivity contribution in [3.8, 4) is 17.2 Å². The lowest BCUT2D eigenvalue weighted by Crippen LogP contribution is -2.01. The average Bonchev–Trinajstić information content (AvgIpc) is 2.40. The SMILES string of the molecule is O=c1cc(-c2ccc(O)cn2)oc2c(Br)cc(Br)cc12. The molecule has 0 spiro atoms. The predicted molar refractivity (Wildman–Crippen MR) is 82.8 cm³/mol. The molecule has 0 bridgehead atoms. The second-order valence-electron chi connectivity index (χ2n) is 4.14. The van der Waals surface area contributed by atoms with Crippen LogP contribution in [0.5, 0.6) is 5.75 Å². The molecule has 0 amide bonds. The van der Waals surface area contributed by atoms with Crippen molar-refractivity contribution in [3.63, 3.8) is 0 Å². The number of halogens is 2. The Kier molecular flexibility index (Phi) is 3.35. The van der Waals surface area contributed by atoms with Gasteiger partial charge in [0, 0.05) is 10.5 Å². The van der Waals surface area contributed by atoms with Gasteiger partial charge >= 0.3 is 0 Å². The van der Waals surface area contributed by atoms with Gasteiger partial charge in [-0.05, 0) is 40.2 Å². The summed E-state index contributed by atoms with van der Waals surface area (Å²) >= 11 is 6.72. The molecule has 0 radical (unpaired) electrons. The van der Waals surface area contributed by atoms with Crippen molar-refractivity contribution in [2.75, 3.05) is 0 Å². The molecule has 3 aromatic rings. The number of benzene rings is 1. The normalized spacial score (nSPS) is 10.9. The van der Waals surface area contributed by atoms with Crippen LogP contribution in [0.3, 0.4) is 0 Å². The van der Waals surface area contributed by atoms with Gasteiger partial charge in [0.05, 0.1) is 16.1 Å². The fraction of sp³-hybridized carbons (Fsp3) is 0. The minimum atomic E-state index is -0.155. The number of pyridine rings is 1. The van der Waals surface area contributed by atoms with Gasteiger partial charge in [-0.15, -0.1) is 0 Å². The molecular weight excluding hydrogens is 390 g/mol. The van der Waals surface area contributed by atoms with Crippen LogP contribution in [0, 0.1) is 0 Å². The summed E-state index contributed by atoms with van der Waals surface area (Å²) in [6, 6.07) is 7.98. The maximum atomic E-state index is 12.2. The Labute approximate surface area is 130 Å². The Hall–Kier alpha value is -1.66. The van der Waals surface area contributed by atoms with Gasteiger partial charge in [0.15, 0.2) is 16.8 Å². The van der Waals surface area contributed by atoms with Crippen LogP contribution in [0.1, 0.15) is 0 Å². The zero-order chi connectivity index (χ0) is 14.3. The molecule has 3 rings (SSSR count). The summed E-state index contributed by atoms with van der Waals surface area (Å²) < 4.78 is 7.21. The quantitative estimate of drug-likeness (QED) is 0.672. The summed E-state index contributed by atoms with van der Waals surface area (Å²) in [5, 5.41) is 9.72. The van der Waals surface area contributed by atoms with E-state index in [0.29, 0.717) is 26.9 Å². The van der Waals surface area contributed by atoms with Crippen LogP contribution in [0.25, 0.3) is 22.4 Å². The Morgan fingerprint density at radius 2 is 1.95 bits per heavy atom. The molecule has 2 aromatic heterocycles. The molecule has 0 saturated carbocycles. The van der Waals surface area contributed by atoms with E-state index in [2.05, 4.69) is 36.8 Å². The molecule has 0 aliphatic rings. The van der Waals surface area contributed by atoms with E-state index in [0.717, 1.165) is 4.47 Å². The first-order valence-corrected chi connectivity index (χ1v) is 7.21. The van der Waals surface area contributed by atoms with Crippen molar-refractivity contribution < 1.29 is 9.52 Å². The third-order valence-electron chi connectivity index (χ3n) is 2.75. The highest BCUT2D eigenvalue weighted by Crippen LogP contribution is 2.29. The van der Waals surface area contributed by atoms with Crippen LogP contribution in [0.4, 0.5) is 0 Å². The van der Waals surface area contributed by atoms with Gasteiger partial charge in [0.25, 0.3) is 0 Å². The number of aromatic nitrogens is 1. The van der Waals surface area contributed by atoms with E-state index in [1.807, 2.05) is 0 Å². The van der Waals surface area contributed by atoms with E-state index in [-0.39, 0.29) is 11.2 Å². The summed E-state index contributed by atoms with van der Waals surface area (Å²) in [6.45, 7) is 0. The predicted octanol–water partition coefficient (Wildman–Crippen LogP) is 4.09. The van der Waals surface area contributed by atoms with Gasteiger partial charge in [-0.2, -0.15) is 0 Å². The van der Waals surface area contributed by atoms with E-state index >= 15 is 0 Å². The maximum Gasteiger partial charge on any atom is 0.193 e. The lowest BCUT2D eigenvalue weighted by atomic mass is 10.2. The topological polar surface area (TPSA) is 63.3 Å². The number of aromatic hydroxyl groups is 1. The molecule has 4 nitrogen and oxygen atoms in total.